The lowest BCUT2D eigenvalue weighted by atomic mass is 9.96. The van der Waals surface area contributed by atoms with Crippen LogP contribution in [-0.2, 0) is 4.79 Å². The van der Waals surface area contributed by atoms with Gasteiger partial charge in [0, 0.05) is 41.1 Å². The number of aromatic nitrogens is 3. The van der Waals surface area contributed by atoms with Gasteiger partial charge in [0.15, 0.2) is 5.11 Å². The van der Waals surface area contributed by atoms with Gasteiger partial charge >= 0.3 is 0 Å². The first-order valence-electron chi connectivity index (χ1n) is 13.2. The van der Waals surface area contributed by atoms with Crippen LogP contribution >= 0.6 is 12.2 Å². The first-order valence-corrected chi connectivity index (χ1v) is 13.6. The number of nitrogens with one attached hydrogen (secondary N) is 2. The molecular formula is C31H34N6OS. The van der Waals surface area contributed by atoms with Crippen LogP contribution in [0.3, 0.4) is 0 Å². The highest BCUT2D eigenvalue weighted by Gasteiger charge is 2.42. The van der Waals surface area contributed by atoms with Crippen LogP contribution in [0.25, 0.3) is 5.82 Å². The average Bonchev–Trinajstić information content (AvgIpc) is 3.41. The van der Waals surface area contributed by atoms with Crippen molar-refractivity contribution < 1.29 is 4.79 Å². The lowest BCUT2D eigenvalue weighted by Gasteiger charge is -2.29. The lowest BCUT2D eigenvalue weighted by molar-refractivity contribution is -0.118. The van der Waals surface area contributed by atoms with E-state index in [0.29, 0.717) is 5.11 Å². The van der Waals surface area contributed by atoms with Gasteiger partial charge in [0.25, 0.3) is 0 Å². The van der Waals surface area contributed by atoms with Crippen molar-refractivity contribution in [3.63, 3.8) is 0 Å². The van der Waals surface area contributed by atoms with E-state index in [2.05, 4.69) is 58.2 Å². The molecule has 0 unspecified atom stereocenters. The molecule has 3 aromatic heterocycles. The number of benzene rings is 1. The molecule has 0 saturated carbocycles. The third kappa shape index (κ3) is 5.04. The molecule has 2 atom stereocenters. The van der Waals surface area contributed by atoms with Crippen molar-refractivity contribution >= 4 is 34.6 Å². The van der Waals surface area contributed by atoms with Crippen LogP contribution in [0.15, 0.2) is 67.0 Å². The number of anilines is 2. The summed E-state index contributed by atoms with van der Waals surface area (Å²) in [6, 6.07) is 18.1. The third-order valence-electron chi connectivity index (χ3n) is 7.28. The minimum absolute atomic E-state index is 0.00513. The highest BCUT2D eigenvalue weighted by atomic mass is 32.1. The Balaban J connectivity index is 1.61. The van der Waals surface area contributed by atoms with E-state index >= 15 is 0 Å². The van der Waals surface area contributed by atoms with Gasteiger partial charge in [-0.2, -0.15) is 0 Å². The molecule has 4 heterocycles. The zero-order valence-corrected chi connectivity index (χ0v) is 24.0. The van der Waals surface area contributed by atoms with E-state index in [9.17, 15) is 4.79 Å². The van der Waals surface area contributed by atoms with Crippen molar-refractivity contribution in [2.75, 3.05) is 10.2 Å². The Hall–Kier alpha value is -4.04. The van der Waals surface area contributed by atoms with E-state index in [1.165, 1.54) is 0 Å². The predicted octanol–water partition coefficient (Wildman–Crippen LogP) is 6.27. The number of thiocarbonyl (C=S) groups is 1. The number of carbonyl (C=O) groups excluding carboxylic acids is 1. The quantitative estimate of drug-likeness (QED) is 0.282. The largest absolute Gasteiger partial charge is 0.351 e. The highest BCUT2D eigenvalue weighted by molar-refractivity contribution is 7.80. The second-order valence-corrected chi connectivity index (χ2v) is 10.9. The molecule has 200 valence electrons. The molecule has 39 heavy (non-hydrogen) atoms. The van der Waals surface area contributed by atoms with Crippen molar-refractivity contribution in [3.05, 3.63) is 101 Å². The summed E-state index contributed by atoms with van der Waals surface area (Å²) in [5.74, 6) is 0.785. The molecule has 7 nitrogen and oxygen atoms in total. The van der Waals surface area contributed by atoms with Gasteiger partial charge in [-0.15, -0.1) is 0 Å². The standard InChI is InChI=1S/C31H34N6OS/c1-18(2)30(38)34-25-12-11-23(15-20(25)4)37-29(28(35-31(37)39)26-9-7-8-14-32-26)24-16-21(5)36(22(24)6)27-13-10-19(3)17-33-27/h7-18,28-29H,1-6H3,(H,34,38)(H,35,39)/t28-,29+/m0/s1. The van der Waals surface area contributed by atoms with Crippen molar-refractivity contribution in [1.29, 1.82) is 0 Å². The summed E-state index contributed by atoms with van der Waals surface area (Å²) in [5, 5.41) is 7.22. The molecule has 4 aromatic rings. The summed E-state index contributed by atoms with van der Waals surface area (Å²) in [6.45, 7) is 12.1. The van der Waals surface area contributed by atoms with E-state index in [4.69, 9.17) is 22.2 Å². The Labute approximate surface area is 235 Å². The Morgan fingerprint density at radius 3 is 2.46 bits per heavy atom. The van der Waals surface area contributed by atoms with Crippen LogP contribution in [0.5, 0.6) is 0 Å². The second-order valence-electron chi connectivity index (χ2n) is 10.5. The Morgan fingerprint density at radius 1 is 1.03 bits per heavy atom. The zero-order valence-electron chi connectivity index (χ0n) is 23.2. The molecule has 0 bridgehead atoms. The van der Waals surface area contributed by atoms with Gasteiger partial charge in [0.2, 0.25) is 5.91 Å². The summed E-state index contributed by atoms with van der Waals surface area (Å²) in [5.41, 5.74) is 8.11. The van der Waals surface area contributed by atoms with E-state index in [1.54, 1.807) is 0 Å². The molecular weight excluding hydrogens is 504 g/mol. The van der Waals surface area contributed by atoms with Gasteiger partial charge in [0.1, 0.15) is 5.82 Å². The van der Waals surface area contributed by atoms with Crippen LogP contribution in [0.4, 0.5) is 11.4 Å². The summed E-state index contributed by atoms with van der Waals surface area (Å²) in [4.78, 5) is 23.9. The van der Waals surface area contributed by atoms with Crippen LogP contribution in [-0.4, -0.2) is 25.6 Å². The van der Waals surface area contributed by atoms with Gasteiger partial charge in [-0.1, -0.05) is 26.0 Å². The van der Waals surface area contributed by atoms with Crippen LogP contribution in [0.2, 0.25) is 0 Å². The maximum atomic E-state index is 12.3. The van der Waals surface area contributed by atoms with E-state index < -0.39 is 0 Å². The zero-order chi connectivity index (χ0) is 27.8. The fourth-order valence-corrected chi connectivity index (χ4v) is 5.54. The molecule has 1 fully saturated rings. The first-order chi connectivity index (χ1) is 18.7. The fraction of sp³-hybridized carbons (Fsp3) is 0.290. The number of hydrogen-bond acceptors (Lipinski definition) is 4. The van der Waals surface area contributed by atoms with E-state index in [1.807, 2.05) is 70.4 Å². The Kier molecular flexibility index (Phi) is 7.23. The van der Waals surface area contributed by atoms with Gasteiger partial charge in [0.05, 0.1) is 17.8 Å². The Morgan fingerprint density at radius 2 is 1.82 bits per heavy atom. The molecule has 1 amide bonds. The number of carbonyl (C=O) groups is 1. The number of amides is 1. The number of hydrogen-bond donors (Lipinski definition) is 2. The maximum Gasteiger partial charge on any atom is 0.226 e. The molecule has 5 rings (SSSR count). The minimum Gasteiger partial charge on any atom is -0.351 e. The van der Waals surface area contributed by atoms with Gasteiger partial charge in [-0.25, -0.2) is 4.98 Å². The molecule has 8 heteroatoms. The predicted molar refractivity (Wildman–Crippen MR) is 160 cm³/mol. The summed E-state index contributed by atoms with van der Waals surface area (Å²) in [7, 11) is 0. The summed E-state index contributed by atoms with van der Waals surface area (Å²) < 4.78 is 2.19. The van der Waals surface area contributed by atoms with Gasteiger partial charge in [-0.3, -0.25) is 9.78 Å². The normalized spacial score (nSPS) is 17.0. The molecule has 0 radical (unpaired) electrons. The molecule has 2 N–H and O–H groups in total. The molecule has 1 aromatic carbocycles. The molecule has 1 aliphatic heterocycles. The second kappa shape index (κ2) is 10.6. The minimum atomic E-state index is -0.153. The fourth-order valence-electron chi connectivity index (χ4n) is 5.20. The summed E-state index contributed by atoms with van der Waals surface area (Å²) >= 11 is 5.95. The van der Waals surface area contributed by atoms with E-state index in [-0.39, 0.29) is 23.9 Å². The highest BCUT2D eigenvalue weighted by Crippen LogP contribution is 2.44. The number of aryl methyl sites for hydroxylation is 3. The van der Waals surface area contributed by atoms with Gasteiger partial charge in [-0.05, 0) is 99.1 Å². The van der Waals surface area contributed by atoms with Crippen LogP contribution in [0, 0.1) is 33.6 Å². The smallest absolute Gasteiger partial charge is 0.226 e. The molecule has 0 spiro atoms. The van der Waals surface area contributed by atoms with Crippen LogP contribution < -0.4 is 15.5 Å². The molecule has 0 aliphatic carbocycles. The van der Waals surface area contributed by atoms with Crippen LogP contribution in [0.1, 0.15) is 59.7 Å². The topological polar surface area (TPSA) is 75.1 Å². The van der Waals surface area contributed by atoms with Crippen molar-refractivity contribution in [1.82, 2.24) is 19.9 Å². The average molecular weight is 539 g/mol. The summed E-state index contributed by atoms with van der Waals surface area (Å²) in [6.07, 6.45) is 3.71. The van der Waals surface area contributed by atoms with Crippen molar-refractivity contribution in [2.24, 2.45) is 5.92 Å². The lowest BCUT2D eigenvalue weighted by Crippen LogP contribution is -2.29. The van der Waals surface area contributed by atoms with E-state index in [0.717, 1.165) is 51.0 Å². The third-order valence-corrected chi connectivity index (χ3v) is 7.60. The number of pyridine rings is 2. The number of rotatable bonds is 6. The SMILES string of the molecule is Cc1ccc(-n2c(C)cc([C@@H]3[C@H](c4ccccn4)NC(=S)N3c3ccc(NC(=O)C(C)C)c(C)c3)c2C)nc1. The molecule has 1 aliphatic rings. The van der Waals surface area contributed by atoms with Crippen molar-refractivity contribution in [2.45, 2.75) is 53.6 Å². The van der Waals surface area contributed by atoms with Gasteiger partial charge < -0.3 is 20.1 Å². The number of nitrogens with zero attached hydrogens (tertiary/aromatic N) is 4. The maximum absolute atomic E-state index is 12.3. The monoisotopic (exact) mass is 538 g/mol. The molecule has 1 saturated heterocycles. The first kappa shape index (κ1) is 26.6. The van der Waals surface area contributed by atoms with Crippen molar-refractivity contribution in [3.8, 4) is 5.82 Å². The Bertz CT molecular complexity index is 1530.